The van der Waals surface area contributed by atoms with E-state index in [1.54, 1.807) is 0 Å². The van der Waals surface area contributed by atoms with Gasteiger partial charge in [0.15, 0.2) is 5.78 Å². The van der Waals surface area contributed by atoms with Gasteiger partial charge in [0, 0.05) is 22.5 Å². The van der Waals surface area contributed by atoms with Crippen molar-refractivity contribution in [1.29, 1.82) is 0 Å². The molecule has 1 aliphatic carbocycles. The number of Topliss-reactive ketones (excluding diaryl/α,β-unsaturated/α-hetero) is 1. The molecule has 3 heteroatoms. The van der Waals surface area contributed by atoms with Crippen LogP contribution in [0.15, 0.2) is 28.7 Å². The molecule has 0 heterocycles. The Morgan fingerprint density at radius 1 is 1.14 bits per heavy atom. The number of carbonyl (C=O) groups excluding carboxylic acids is 1. The first-order chi connectivity index (χ1) is 10.2. The number of ketones is 1. The molecular formula is C18H26BrNO. The van der Waals surface area contributed by atoms with Gasteiger partial charge in [-0.3, -0.25) is 4.79 Å². The lowest BCUT2D eigenvalue weighted by molar-refractivity contribution is 0.0972. The van der Waals surface area contributed by atoms with Crippen LogP contribution in [0, 0.1) is 0 Å². The first kappa shape index (κ1) is 16.7. The highest BCUT2D eigenvalue weighted by Crippen LogP contribution is 2.21. The normalized spacial score (nSPS) is 16.9. The summed E-state index contributed by atoms with van der Waals surface area (Å²) in [6.07, 6.45) is 9.80. The fourth-order valence-corrected chi connectivity index (χ4v) is 3.41. The molecule has 1 aliphatic rings. The van der Waals surface area contributed by atoms with Gasteiger partial charge in [-0.25, -0.2) is 0 Å². The van der Waals surface area contributed by atoms with E-state index in [1.165, 1.54) is 38.5 Å². The summed E-state index contributed by atoms with van der Waals surface area (Å²) in [5.74, 6) is 0.261. The highest BCUT2D eigenvalue weighted by atomic mass is 79.9. The minimum atomic E-state index is 0.261. The van der Waals surface area contributed by atoms with E-state index in [1.807, 2.05) is 24.3 Å². The largest absolute Gasteiger partial charge is 0.303 e. The van der Waals surface area contributed by atoms with Gasteiger partial charge >= 0.3 is 0 Å². The molecule has 1 saturated carbocycles. The van der Waals surface area contributed by atoms with Crippen molar-refractivity contribution in [3.63, 3.8) is 0 Å². The van der Waals surface area contributed by atoms with Crippen LogP contribution in [0.1, 0.15) is 61.7 Å². The topological polar surface area (TPSA) is 20.3 Å². The van der Waals surface area contributed by atoms with Crippen LogP contribution in [-0.4, -0.2) is 30.3 Å². The van der Waals surface area contributed by atoms with Gasteiger partial charge < -0.3 is 4.90 Å². The van der Waals surface area contributed by atoms with E-state index < -0.39 is 0 Å². The van der Waals surface area contributed by atoms with Crippen LogP contribution in [-0.2, 0) is 0 Å². The molecule has 0 amide bonds. The zero-order valence-corrected chi connectivity index (χ0v) is 14.6. The molecule has 0 aliphatic heterocycles. The Morgan fingerprint density at radius 2 is 1.76 bits per heavy atom. The van der Waals surface area contributed by atoms with Crippen molar-refractivity contribution >= 4 is 21.7 Å². The average Bonchev–Trinajstić information content (AvgIpc) is 2.77. The van der Waals surface area contributed by atoms with Gasteiger partial charge in [-0.05, 0) is 45.0 Å². The summed E-state index contributed by atoms with van der Waals surface area (Å²) >= 11 is 3.40. The van der Waals surface area contributed by atoms with Gasteiger partial charge in [0.1, 0.15) is 0 Å². The van der Waals surface area contributed by atoms with Crippen LogP contribution in [0.4, 0.5) is 0 Å². The minimum absolute atomic E-state index is 0.261. The molecule has 0 radical (unpaired) electrons. The summed E-state index contributed by atoms with van der Waals surface area (Å²) in [6.45, 7) is 1.03. The van der Waals surface area contributed by atoms with Crippen molar-refractivity contribution in [2.24, 2.45) is 0 Å². The Balaban J connectivity index is 1.72. The molecule has 0 unspecified atom stereocenters. The highest BCUT2D eigenvalue weighted by molar-refractivity contribution is 9.10. The standard InChI is InChI=1S/C18H26BrNO/c1-20(17-7-4-2-3-5-8-17)14-6-9-18(21)15-10-12-16(19)13-11-15/h10-13,17H,2-9,14H2,1H3. The lowest BCUT2D eigenvalue weighted by atomic mass is 10.0. The van der Waals surface area contributed by atoms with Gasteiger partial charge in [0.2, 0.25) is 0 Å². The lowest BCUT2D eigenvalue weighted by Crippen LogP contribution is -2.32. The van der Waals surface area contributed by atoms with Crippen molar-refractivity contribution in [2.45, 2.75) is 57.4 Å². The SMILES string of the molecule is CN(CCCC(=O)c1ccc(Br)cc1)C1CCCCCC1. The number of benzene rings is 1. The molecule has 116 valence electrons. The maximum atomic E-state index is 12.1. The molecule has 21 heavy (non-hydrogen) atoms. The molecular weight excluding hydrogens is 326 g/mol. The molecule has 0 atom stereocenters. The number of halogens is 1. The molecule has 1 aromatic carbocycles. The van der Waals surface area contributed by atoms with Gasteiger partial charge in [0.05, 0.1) is 0 Å². The second kappa shape index (κ2) is 8.70. The Morgan fingerprint density at radius 3 is 2.38 bits per heavy atom. The summed E-state index contributed by atoms with van der Waals surface area (Å²) in [5, 5.41) is 0. The molecule has 0 N–H and O–H groups in total. The second-order valence-corrected chi connectivity index (χ2v) is 7.08. The Kier molecular flexibility index (Phi) is 6.91. The number of rotatable bonds is 6. The number of nitrogens with zero attached hydrogens (tertiary/aromatic N) is 1. The second-order valence-electron chi connectivity index (χ2n) is 6.16. The molecule has 2 rings (SSSR count). The van der Waals surface area contributed by atoms with Crippen LogP contribution in [0.25, 0.3) is 0 Å². The quantitative estimate of drug-likeness (QED) is 0.526. The summed E-state index contributed by atoms with van der Waals surface area (Å²) in [4.78, 5) is 14.6. The summed E-state index contributed by atoms with van der Waals surface area (Å²) in [7, 11) is 2.22. The van der Waals surface area contributed by atoms with Crippen LogP contribution < -0.4 is 0 Å². The van der Waals surface area contributed by atoms with Gasteiger partial charge in [0.25, 0.3) is 0 Å². The Hall–Kier alpha value is -0.670. The monoisotopic (exact) mass is 351 g/mol. The summed E-state index contributed by atoms with van der Waals surface area (Å²) in [5.41, 5.74) is 0.829. The smallest absolute Gasteiger partial charge is 0.162 e. The third-order valence-electron chi connectivity index (χ3n) is 4.53. The molecule has 1 aromatic rings. The van der Waals surface area contributed by atoms with E-state index in [4.69, 9.17) is 0 Å². The Labute approximate surface area is 137 Å². The zero-order chi connectivity index (χ0) is 15.1. The van der Waals surface area contributed by atoms with Gasteiger partial charge in [-0.2, -0.15) is 0 Å². The summed E-state index contributed by atoms with van der Waals surface area (Å²) < 4.78 is 1.02. The zero-order valence-electron chi connectivity index (χ0n) is 13.0. The van der Waals surface area contributed by atoms with Crippen molar-refractivity contribution in [2.75, 3.05) is 13.6 Å². The minimum Gasteiger partial charge on any atom is -0.303 e. The van der Waals surface area contributed by atoms with Crippen molar-refractivity contribution in [1.82, 2.24) is 4.90 Å². The Bertz CT molecular complexity index is 435. The predicted molar refractivity (Wildman–Crippen MR) is 91.8 cm³/mol. The fraction of sp³-hybridized carbons (Fsp3) is 0.611. The highest BCUT2D eigenvalue weighted by Gasteiger charge is 2.16. The van der Waals surface area contributed by atoms with Crippen molar-refractivity contribution in [3.05, 3.63) is 34.3 Å². The third kappa shape index (κ3) is 5.55. The number of hydrogen-bond donors (Lipinski definition) is 0. The van der Waals surface area contributed by atoms with Crippen LogP contribution in [0.2, 0.25) is 0 Å². The van der Waals surface area contributed by atoms with Crippen molar-refractivity contribution < 1.29 is 4.79 Å². The van der Waals surface area contributed by atoms with E-state index in [0.29, 0.717) is 6.42 Å². The van der Waals surface area contributed by atoms with E-state index >= 15 is 0 Å². The lowest BCUT2D eigenvalue weighted by Gasteiger charge is -2.26. The molecule has 0 spiro atoms. The van der Waals surface area contributed by atoms with Crippen LogP contribution in [0.5, 0.6) is 0 Å². The van der Waals surface area contributed by atoms with E-state index in [0.717, 1.165) is 29.0 Å². The van der Waals surface area contributed by atoms with Gasteiger partial charge in [-0.1, -0.05) is 53.7 Å². The maximum absolute atomic E-state index is 12.1. The van der Waals surface area contributed by atoms with Crippen molar-refractivity contribution in [3.8, 4) is 0 Å². The van der Waals surface area contributed by atoms with E-state index in [-0.39, 0.29) is 5.78 Å². The maximum Gasteiger partial charge on any atom is 0.162 e. The van der Waals surface area contributed by atoms with Crippen LogP contribution in [0.3, 0.4) is 0 Å². The van der Waals surface area contributed by atoms with Gasteiger partial charge in [-0.15, -0.1) is 0 Å². The van der Waals surface area contributed by atoms with E-state index in [9.17, 15) is 4.79 Å². The first-order valence-corrected chi connectivity index (χ1v) is 8.95. The molecule has 2 nitrogen and oxygen atoms in total. The van der Waals surface area contributed by atoms with Crippen LogP contribution >= 0.6 is 15.9 Å². The first-order valence-electron chi connectivity index (χ1n) is 8.16. The predicted octanol–water partition coefficient (Wildman–Crippen LogP) is 5.07. The average molecular weight is 352 g/mol. The number of carbonyl (C=O) groups is 1. The van der Waals surface area contributed by atoms with E-state index in [2.05, 4.69) is 27.9 Å². The molecule has 0 saturated heterocycles. The molecule has 1 fully saturated rings. The molecule has 0 bridgehead atoms. The number of hydrogen-bond acceptors (Lipinski definition) is 2. The summed E-state index contributed by atoms with van der Waals surface area (Å²) in [6, 6.07) is 8.41. The third-order valence-corrected chi connectivity index (χ3v) is 5.06. The molecule has 0 aromatic heterocycles. The fourth-order valence-electron chi connectivity index (χ4n) is 3.15.